The van der Waals surface area contributed by atoms with E-state index >= 15 is 0 Å². The lowest BCUT2D eigenvalue weighted by atomic mass is 10.0. The van der Waals surface area contributed by atoms with Gasteiger partial charge in [-0.3, -0.25) is 14.4 Å². The zero-order valence-electron chi connectivity index (χ0n) is 17.0. The number of fused-ring (bicyclic) bond motifs is 1. The first-order valence-electron chi connectivity index (χ1n) is 9.72. The van der Waals surface area contributed by atoms with E-state index in [1.807, 2.05) is 44.1 Å². The Labute approximate surface area is 165 Å². The monoisotopic (exact) mass is 384 g/mol. The number of carbonyl (C=O) groups is 1. The van der Waals surface area contributed by atoms with E-state index in [1.165, 1.54) is 5.69 Å². The number of aromatic nitrogens is 2. The summed E-state index contributed by atoms with van der Waals surface area (Å²) in [5.41, 5.74) is 3.22. The van der Waals surface area contributed by atoms with Gasteiger partial charge in [0.15, 0.2) is 11.5 Å². The molecule has 2 aromatic rings. The third-order valence-corrected chi connectivity index (χ3v) is 5.66. The van der Waals surface area contributed by atoms with E-state index in [9.17, 15) is 4.79 Å². The molecule has 2 aliphatic rings. The first-order valence-corrected chi connectivity index (χ1v) is 9.72. The van der Waals surface area contributed by atoms with Gasteiger partial charge in [0.25, 0.3) is 0 Å². The fourth-order valence-corrected chi connectivity index (χ4v) is 3.86. The number of likely N-dealkylation sites (N-methyl/N-ethyl adjacent to an activating group) is 1. The van der Waals surface area contributed by atoms with Crippen molar-refractivity contribution in [1.82, 2.24) is 20.0 Å². The third kappa shape index (κ3) is 3.71. The first kappa shape index (κ1) is 18.8. The molecule has 28 heavy (non-hydrogen) atoms. The molecule has 1 amide bonds. The van der Waals surface area contributed by atoms with Crippen LogP contribution in [0.25, 0.3) is 0 Å². The molecule has 1 aromatic carbocycles. The molecule has 1 N–H and O–H groups in total. The highest BCUT2D eigenvalue weighted by Crippen LogP contribution is 2.46. The van der Waals surface area contributed by atoms with E-state index in [2.05, 4.69) is 28.1 Å². The Kier molecular flexibility index (Phi) is 4.79. The highest BCUT2D eigenvalue weighted by Gasteiger charge is 2.44. The topological polar surface area (TPSA) is 68.6 Å². The van der Waals surface area contributed by atoms with E-state index in [4.69, 9.17) is 9.47 Å². The van der Waals surface area contributed by atoms with Crippen molar-refractivity contribution in [2.24, 2.45) is 5.41 Å². The summed E-state index contributed by atoms with van der Waals surface area (Å²) in [5, 5.41) is 7.76. The van der Waals surface area contributed by atoms with Crippen molar-refractivity contribution >= 4 is 5.91 Å². The van der Waals surface area contributed by atoms with Crippen molar-refractivity contribution in [2.75, 3.05) is 27.4 Å². The highest BCUT2D eigenvalue weighted by molar-refractivity contribution is 5.83. The standard InChI is InChI=1S/C21H28N4O3/c1-14-9-15(2)25(23-14)12-21(7-8-21)11-22-20(26)19(24(3)4)16-5-6-17-18(10-16)28-13-27-17/h5-6,9-10,19H,7-8,11-13H2,1-4H3,(H,22,26)/t19-/m1/s1. The molecular weight excluding hydrogens is 356 g/mol. The molecule has 1 aliphatic heterocycles. The molecule has 1 aliphatic carbocycles. The third-order valence-electron chi connectivity index (χ3n) is 5.66. The van der Waals surface area contributed by atoms with Crippen LogP contribution in [0.15, 0.2) is 24.3 Å². The maximum absolute atomic E-state index is 13.0. The molecule has 2 heterocycles. The van der Waals surface area contributed by atoms with E-state index in [0.717, 1.165) is 36.4 Å². The van der Waals surface area contributed by atoms with Crippen molar-refractivity contribution in [3.63, 3.8) is 0 Å². The van der Waals surface area contributed by atoms with Gasteiger partial charge in [-0.15, -0.1) is 0 Å². The van der Waals surface area contributed by atoms with Crippen LogP contribution in [0.3, 0.4) is 0 Å². The van der Waals surface area contributed by atoms with Crippen LogP contribution in [-0.2, 0) is 11.3 Å². The molecule has 150 valence electrons. The van der Waals surface area contributed by atoms with Gasteiger partial charge in [-0.25, -0.2) is 0 Å². The van der Waals surface area contributed by atoms with E-state index in [-0.39, 0.29) is 24.2 Å². The minimum Gasteiger partial charge on any atom is -0.454 e. The largest absolute Gasteiger partial charge is 0.454 e. The van der Waals surface area contributed by atoms with Gasteiger partial charge in [0.05, 0.1) is 5.69 Å². The van der Waals surface area contributed by atoms with Crippen molar-refractivity contribution in [3.05, 3.63) is 41.2 Å². The summed E-state index contributed by atoms with van der Waals surface area (Å²) in [5.74, 6) is 1.42. The highest BCUT2D eigenvalue weighted by atomic mass is 16.7. The predicted octanol–water partition coefficient (Wildman–Crippen LogP) is 2.43. The van der Waals surface area contributed by atoms with Crippen LogP contribution in [0.2, 0.25) is 0 Å². The Bertz CT molecular complexity index is 886. The van der Waals surface area contributed by atoms with Gasteiger partial charge in [0.2, 0.25) is 12.7 Å². The minimum absolute atomic E-state index is 0.00325. The number of hydrogen-bond acceptors (Lipinski definition) is 5. The van der Waals surface area contributed by atoms with Gasteiger partial charge in [0, 0.05) is 24.2 Å². The molecule has 0 radical (unpaired) electrons. The van der Waals surface area contributed by atoms with Gasteiger partial charge >= 0.3 is 0 Å². The van der Waals surface area contributed by atoms with Crippen LogP contribution in [0.1, 0.15) is 35.8 Å². The maximum Gasteiger partial charge on any atom is 0.241 e. The second kappa shape index (κ2) is 7.13. The molecule has 0 saturated heterocycles. The van der Waals surface area contributed by atoms with Crippen LogP contribution >= 0.6 is 0 Å². The van der Waals surface area contributed by atoms with Crippen LogP contribution in [0.4, 0.5) is 0 Å². The molecule has 7 heteroatoms. The second-order valence-electron chi connectivity index (χ2n) is 8.28. The molecular formula is C21H28N4O3. The summed E-state index contributed by atoms with van der Waals surface area (Å²) in [7, 11) is 3.83. The molecule has 7 nitrogen and oxygen atoms in total. The first-order chi connectivity index (χ1) is 13.4. The van der Waals surface area contributed by atoms with Crippen molar-refractivity contribution in [2.45, 2.75) is 39.3 Å². The van der Waals surface area contributed by atoms with Crippen molar-refractivity contribution in [3.8, 4) is 11.5 Å². The number of benzene rings is 1. The summed E-state index contributed by atoms with van der Waals surface area (Å²) in [4.78, 5) is 15.0. The van der Waals surface area contributed by atoms with E-state index in [1.54, 1.807) is 0 Å². The van der Waals surface area contributed by atoms with Crippen LogP contribution < -0.4 is 14.8 Å². The summed E-state index contributed by atoms with van der Waals surface area (Å²) in [6.07, 6.45) is 2.23. The molecule has 0 bridgehead atoms. The average molecular weight is 384 g/mol. The fraction of sp³-hybridized carbons (Fsp3) is 0.524. The molecule has 0 spiro atoms. The lowest BCUT2D eigenvalue weighted by Crippen LogP contribution is -2.40. The predicted molar refractivity (Wildman–Crippen MR) is 105 cm³/mol. The van der Waals surface area contributed by atoms with Gasteiger partial charge in [-0.05, 0) is 64.5 Å². The zero-order chi connectivity index (χ0) is 19.9. The number of carbonyl (C=O) groups excluding carboxylic acids is 1. The SMILES string of the molecule is Cc1cc(C)n(CC2(CNC(=O)[C@@H](c3ccc4c(c3)OCO4)N(C)C)CC2)n1. The van der Waals surface area contributed by atoms with Crippen LogP contribution in [0, 0.1) is 19.3 Å². The molecule has 1 aromatic heterocycles. The summed E-state index contributed by atoms with van der Waals surface area (Å²) in [6.45, 7) is 5.84. The average Bonchev–Trinajstić information content (AvgIpc) is 3.10. The number of ether oxygens (including phenoxy) is 2. The Morgan fingerprint density at radius 1 is 1.25 bits per heavy atom. The lowest BCUT2D eigenvalue weighted by Gasteiger charge is -2.25. The number of hydrogen-bond donors (Lipinski definition) is 1. The number of nitrogens with one attached hydrogen (secondary N) is 1. The number of aryl methyl sites for hydroxylation is 2. The van der Waals surface area contributed by atoms with Gasteiger partial charge < -0.3 is 14.8 Å². The molecule has 1 atom stereocenters. The minimum atomic E-state index is -0.376. The molecule has 4 rings (SSSR count). The summed E-state index contributed by atoms with van der Waals surface area (Å²) >= 11 is 0. The summed E-state index contributed by atoms with van der Waals surface area (Å²) < 4.78 is 12.9. The van der Waals surface area contributed by atoms with Crippen LogP contribution in [-0.4, -0.2) is 48.0 Å². The fourth-order valence-electron chi connectivity index (χ4n) is 3.86. The van der Waals surface area contributed by atoms with Gasteiger partial charge in [-0.2, -0.15) is 5.10 Å². The zero-order valence-corrected chi connectivity index (χ0v) is 17.0. The Morgan fingerprint density at radius 3 is 2.64 bits per heavy atom. The van der Waals surface area contributed by atoms with Gasteiger partial charge in [0.1, 0.15) is 6.04 Å². The quantitative estimate of drug-likeness (QED) is 0.794. The molecule has 0 unspecified atom stereocenters. The Morgan fingerprint density at radius 2 is 2.00 bits per heavy atom. The maximum atomic E-state index is 13.0. The number of rotatable bonds is 7. The second-order valence-corrected chi connectivity index (χ2v) is 8.28. The molecule has 1 saturated carbocycles. The molecule has 1 fully saturated rings. The van der Waals surface area contributed by atoms with E-state index < -0.39 is 0 Å². The lowest BCUT2D eigenvalue weighted by molar-refractivity contribution is -0.126. The van der Waals surface area contributed by atoms with Gasteiger partial charge in [-0.1, -0.05) is 6.07 Å². The smallest absolute Gasteiger partial charge is 0.241 e. The normalized spacial score (nSPS) is 17.6. The van der Waals surface area contributed by atoms with Crippen molar-refractivity contribution < 1.29 is 14.3 Å². The number of amides is 1. The van der Waals surface area contributed by atoms with Crippen molar-refractivity contribution in [1.29, 1.82) is 0 Å². The van der Waals surface area contributed by atoms with E-state index in [0.29, 0.717) is 12.3 Å². The van der Waals surface area contributed by atoms with Crippen LogP contribution in [0.5, 0.6) is 11.5 Å². The Hall–Kier alpha value is -2.54. The number of nitrogens with zero attached hydrogens (tertiary/aromatic N) is 3. The summed E-state index contributed by atoms with van der Waals surface area (Å²) in [6, 6.07) is 7.41. The Balaban J connectivity index is 1.43.